The van der Waals surface area contributed by atoms with E-state index in [0.717, 1.165) is 5.81 Å². The molecule has 0 heterocycles. The lowest BCUT2D eigenvalue weighted by atomic mass is 10.4. The molecule has 0 fully saturated rings. The largest absolute Gasteiger partial charge is 0.629 e. The summed E-state index contributed by atoms with van der Waals surface area (Å²) in [7, 11) is -2.54. The summed E-state index contributed by atoms with van der Waals surface area (Å²) in [4.78, 5) is 7.51. The normalized spacial score (nSPS) is 8.44. The summed E-state index contributed by atoms with van der Waals surface area (Å²) in [5.74, 6) is 1.09. The molecule has 9 heavy (non-hydrogen) atoms. The van der Waals surface area contributed by atoms with Gasteiger partial charge in [0.1, 0.15) is 0 Å². The maximum Gasteiger partial charge on any atom is 0.629 e. The lowest BCUT2D eigenvalue weighted by molar-refractivity contribution is 0.513. The molecule has 0 aromatic rings. The highest BCUT2D eigenvalue weighted by atomic mass is 31.1. The number of hydrogen-bond donors (Lipinski definition) is 1. The second-order valence-electron chi connectivity index (χ2n) is 1.37. The first-order valence-electron chi connectivity index (χ1n) is 2.74. The summed E-state index contributed by atoms with van der Waals surface area (Å²) in [6, 6.07) is 0. The smallest absolute Gasteiger partial charge is 0.148 e. The van der Waals surface area contributed by atoms with Crippen LogP contribution < -0.4 is 0 Å². The second kappa shape index (κ2) is 10.5. The summed E-state index contributed by atoms with van der Waals surface area (Å²) in [6.45, 7) is 4.36. The molecule has 4 heteroatoms. The average molecular weight is 148 g/mol. The molecule has 0 aliphatic carbocycles. The van der Waals surface area contributed by atoms with Crippen LogP contribution >= 0.6 is 8.03 Å². The Hall–Kier alpha value is -0.450. The van der Waals surface area contributed by atoms with Crippen molar-refractivity contribution in [2.24, 2.45) is 0 Å². The first kappa shape index (κ1) is 11.4. The molecular weight excluding hydrogens is 137 g/mol. The Morgan fingerprint density at radius 1 is 1.56 bits per heavy atom. The highest BCUT2D eigenvalue weighted by molar-refractivity contribution is 7.43. The van der Waals surface area contributed by atoms with Crippen LogP contribution in [-0.4, -0.2) is 4.89 Å². The zero-order valence-electron chi connectivity index (χ0n) is 5.66. The van der Waals surface area contributed by atoms with Gasteiger partial charge in [0.25, 0.3) is 0 Å². The number of rotatable bonds is 1. The van der Waals surface area contributed by atoms with Crippen LogP contribution in [0.3, 0.4) is 0 Å². The van der Waals surface area contributed by atoms with E-state index in [-0.39, 0.29) is 0 Å². The Labute approximate surface area is 56.2 Å². The number of hydrogen-bond acceptors (Lipinski definition) is 2. The Kier molecular flexibility index (Phi) is 13.3. The minimum Gasteiger partial charge on any atom is -0.148 e. The zero-order valence-corrected chi connectivity index (χ0v) is 6.56. The monoisotopic (exact) mass is 148 g/mol. The van der Waals surface area contributed by atoms with Gasteiger partial charge in [-0.2, -0.15) is 0 Å². The van der Waals surface area contributed by atoms with E-state index in [1.165, 1.54) is 12.8 Å². The Bertz CT molecular complexity index is 106. The molecule has 0 spiro atoms. The zero-order chi connectivity index (χ0) is 7.70. The van der Waals surface area contributed by atoms with Crippen molar-refractivity contribution in [1.29, 1.82) is 5.26 Å². The SMILES string of the molecule is CCCC.N#C[P+](=O)O. The second-order valence-corrected chi connectivity index (χ2v) is 2.12. The van der Waals surface area contributed by atoms with Crippen molar-refractivity contribution < 1.29 is 9.46 Å². The minimum absolute atomic E-state index is 1.09. The quantitative estimate of drug-likeness (QED) is 0.578. The summed E-state index contributed by atoms with van der Waals surface area (Å²) < 4.78 is 9.16. The predicted octanol–water partition coefficient (Wildman–Crippen LogP) is 2.01. The van der Waals surface area contributed by atoms with Gasteiger partial charge in [-0.3, -0.25) is 0 Å². The highest BCUT2D eigenvalue weighted by Gasteiger charge is 2.02. The predicted molar refractivity (Wildman–Crippen MR) is 36.0 cm³/mol. The fourth-order valence-electron chi connectivity index (χ4n) is 0. The summed E-state index contributed by atoms with van der Waals surface area (Å²) >= 11 is 0. The summed E-state index contributed by atoms with van der Waals surface area (Å²) in [6.07, 6.45) is 2.64. The van der Waals surface area contributed by atoms with Crippen molar-refractivity contribution >= 4 is 8.03 Å². The Balaban J connectivity index is 0. The summed E-state index contributed by atoms with van der Waals surface area (Å²) in [5, 5.41) is 7.36. The van der Waals surface area contributed by atoms with Crippen LogP contribution in [0.15, 0.2) is 0 Å². The fourth-order valence-corrected chi connectivity index (χ4v) is 0. The molecule has 1 N–H and O–H groups in total. The van der Waals surface area contributed by atoms with Crippen LogP contribution in [0.25, 0.3) is 0 Å². The van der Waals surface area contributed by atoms with E-state index in [1.54, 1.807) is 0 Å². The van der Waals surface area contributed by atoms with Crippen LogP contribution in [0.2, 0.25) is 0 Å². The first-order valence-corrected chi connectivity index (χ1v) is 3.96. The van der Waals surface area contributed by atoms with Gasteiger partial charge in [0.05, 0.1) is 0 Å². The van der Waals surface area contributed by atoms with Crippen LogP contribution in [0.1, 0.15) is 26.7 Å². The van der Waals surface area contributed by atoms with Crippen molar-refractivity contribution in [3.63, 3.8) is 0 Å². The average Bonchev–Trinajstić information content (AvgIpc) is 1.89. The lowest BCUT2D eigenvalue weighted by Crippen LogP contribution is -1.47. The molecule has 0 amide bonds. The van der Waals surface area contributed by atoms with Crippen LogP contribution in [0.4, 0.5) is 0 Å². The fraction of sp³-hybridized carbons (Fsp3) is 0.800. The topological polar surface area (TPSA) is 61.1 Å². The van der Waals surface area contributed by atoms with Crippen molar-refractivity contribution in [2.45, 2.75) is 26.7 Å². The van der Waals surface area contributed by atoms with E-state index in [9.17, 15) is 0 Å². The molecule has 0 rings (SSSR count). The van der Waals surface area contributed by atoms with Crippen LogP contribution in [0, 0.1) is 11.1 Å². The van der Waals surface area contributed by atoms with Crippen LogP contribution in [-0.2, 0) is 4.57 Å². The van der Waals surface area contributed by atoms with E-state index in [1.807, 2.05) is 0 Å². The van der Waals surface area contributed by atoms with Crippen LogP contribution in [0.5, 0.6) is 0 Å². The van der Waals surface area contributed by atoms with E-state index < -0.39 is 8.03 Å². The molecule has 0 aromatic carbocycles. The maximum atomic E-state index is 9.16. The van der Waals surface area contributed by atoms with Gasteiger partial charge in [0, 0.05) is 0 Å². The molecule has 1 unspecified atom stereocenters. The van der Waals surface area contributed by atoms with Crippen molar-refractivity contribution in [3.05, 3.63) is 0 Å². The molecule has 3 nitrogen and oxygen atoms in total. The van der Waals surface area contributed by atoms with E-state index in [0.29, 0.717) is 0 Å². The lowest BCUT2D eigenvalue weighted by Gasteiger charge is -1.68. The van der Waals surface area contributed by atoms with Gasteiger partial charge in [-0.1, -0.05) is 26.7 Å². The Morgan fingerprint density at radius 2 is 1.78 bits per heavy atom. The molecule has 0 bridgehead atoms. The number of unbranched alkanes of at least 4 members (excludes halogenated alkanes) is 1. The van der Waals surface area contributed by atoms with Gasteiger partial charge in [-0.25, -0.2) is 0 Å². The van der Waals surface area contributed by atoms with Gasteiger partial charge < -0.3 is 0 Å². The van der Waals surface area contributed by atoms with Gasteiger partial charge in [0.15, 0.2) is 0 Å². The molecule has 52 valence electrons. The van der Waals surface area contributed by atoms with Gasteiger partial charge >= 0.3 is 13.8 Å². The Morgan fingerprint density at radius 3 is 1.78 bits per heavy atom. The number of nitriles is 1. The van der Waals surface area contributed by atoms with Crippen molar-refractivity contribution in [2.75, 3.05) is 0 Å². The molecule has 1 atom stereocenters. The van der Waals surface area contributed by atoms with E-state index >= 15 is 0 Å². The van der Waals surface area contributed by atoms with Crippen molar-refractivity contribution in [1.82, 2.24) is 0 Å². The van der Waals surface area contributed by atoms with Gasteiger partial charge in [-0.05, 0) is 4.57 Å². The standard InChI is InChI=1S/C4H10.CNO2P/c1-3-4-2;2-1-5(3)4/h3-4H2,1-2H3;/p+1. The van der Waals surface area contributed by atoms with Gasteiger partial charge in [-0.15, -0.1) is 10.2 Å². The number of nitrogens with zero attached hydrogens (tertiary/aromatic N) is 1. The third-order valence-electron chi connectivity index (χ3n) is 0.586. The third kappa shape index (κ3) is 35.8. The van der Waals surface area contributed by atoms with Gasteiger partial charge in [0.2, 0.25) is 0 Å². The molecule has 0 aliphatic heterocycles. The van der Waals surface area contributed by atoms with Crippen molar-refractivity contribution in [3.8, 4) is 5.81 Å². The molecular formula is C5H11NO2P+. The van der Waals surface area contributed by atoms with E-state index in [2.05, 4.69) is 13.8 Å². The third-order valence-corrected chi connectivity index (χ3v) is 0.757. The molecule has 0 saturated heterocycles. The summed E-state index contributed by atoms with van der Waals surface area (Å²) in [5.41, 5.74) is 0. The maximum absolute atomic E-state index is 9.16. The molecule has 0 radical (unpaired) electrons. The highest BCUT2D eigenvalue weighted by Crippen LogP contribution is 2.05. The molecule has 0 aromatic heterocycles. The van der Waals surface area contributed by atoms with E-state index in [4.69, 9.17) is 14.7 Å². The molecule has 0 saturated carbocycles. The first-order chi connectivity index (χ1) is 4.18. The minimum atomic E-state index is -2.54. The molecule has 0 aliphatic rings.